The molecule has 0 spiro atoms. The highest BCUT2D eigenvalue weighted by atomic mass is 35.5. The number of imidazole rings is 1. The van der Waals surface area contributed by atoms with Crippen LogP contribution in [0.3, 0.4) is 0 Å². The van der Waals surface area contributed by atoms with Crippen LogP contribution < -0.4 is 0 Å². The number of H-pyrrole nitrogens is 1. The molecule has 0 amide bonds. The SMILES string of the molecule is CCCCc1nc(C(=O)OCCCc2ccc(O)c(O)c2)c(Cl)n1Cc1ccc(-c2ccccc2-c2nn[nH]n2)cc1. The first kappa shape index (κ1) is 28.8. The van der Waals surface area contributed by atoms with Crippen molar-refractivity contribution in [3.63, 3.8) is 0 Å². The summed E-state index contributed by atoms with van der Waals surface area (Å²) >= 11 is 6.72. The lowest BCUT2D eigenvalue weighted by molar-refractivity contribution is 0.0494. The number of nitrogens with one attached hydrogen (secondary N) is 1. The molecule has 0 bridgehead atoms. The van der Waals surface area contributed by atoms with Crippen LogP contribution in [-0.4, -0.2) is 53.0 Å². The summed E-state index contributed by atoms with van der Waals surface area (Å²) in [5, 5.41) is 33.8. The maximum atomic E-state index is 12.9. The quantitative estimate of drug-likeness (QED) is 0.0922. The van der Waals surface area contributed by atoms with Gasteiger partial charge in [-0.15, -0.1) is 10.2 Å². The number of aromatic hydroxyl groups is 2. The van der Waals surface area contributed by atoms with Gasteiger partial charge in [-0.2, -0.15) is 5.21 Å². The van der Waals surface area contributed by atoms with Crippen molar-refractivity contribution in [3.05, 3.63) is 94.5 Å². The smallest absolute Gasteiger partial charge is 0.360 e. The number of hydrogen-bond acceptors (Lipinski definition) is 8. The lowest BCUT2D eigenvalue weighted by atomic mass is 9.98. The van der Waals surface area contributed by atoms with Crippen LogP contribution in [0.25, 0.3) is 22.5 Å². The van der Waals surface area contributed by atoms with Gasteiger partial charge in [-0.05, 0) is 58.9 Å². The first-order valence-electron chi connectivity index (χ1n) is 13.8. The molecule has 216 valence electrons. The number of ether oxygens (including phenoxy) is 1. The average molecular weight is 587 g/mol. The van der Waals surface area contributed by atoms with Crippen LogP contribution >= 0.6 is 11.6 Å². The van der Waals surface area contributed by atoms with Crippen LogP contribution in [0.1, 0.15) is 53.6 Å². The van der Waals surface area contributed by atoms with Crippen molar-refractivity contribution in [2.75, 3.05) is 6.61 Å². The topological polar surface area (TPSA) is 139 Å². The molecular formula is C31H31ClN6O4. The highest BCUT2D eigenvalue weighted by Gasteiger charge is 2.22. The van der Waals surface area contributed by atoms with E-state index in [1.807, 2.05) is 53.1 Å². The molecule has 0 unspecified atom stereocenters. The monoisotopic (exact) mass is 586 g/mol. The molecule has 2 heterocycles. The molecule has 0 aliphatic carbocycles. The normalized spacial score (nSPS) is 11.1. The number of nitrogens with zero attached hydrogens (tertiary/aromatic N) is 5. The van der Waals surface area contributed by atoms with Gasteiger partial charge in [0.05, 0.1) is 13.2 Å². The largest absolute Gasteiger partial charge is 0.504 e. The highest BCUT2D eigenvalue weighted by Crippen LogP contribution is 2.30. The lowest BCUT2D eigenvalue weighted by Gasteiger charge is -2.11. The number of phenolic OH excluding ortho intramolecular Hbond substituents is 2. The Morgan fingerprint density at radius 3 is 2.43 bits per heavy atom. The zero-order valence-electron chi connectivity index (χ0n) is 23.1. The van der Waals surface area contributed by atoms with Crippen LogP contribution in [0.15, 0.2) is 66.7 Å². The first-order chi connectivity index (χ1) is 20.4. The van der Waals surface area contributed by atoms with Crippen LogP contribution in [0.4, 0.5) is 0 Å². The third kappa shape index (κ3) is 6.60. The number of carbonyl (C=O) groups is 1. The predicted octanol–water partition coefficient (Wildman–Crippen LogP) is 5.98. The fourth-order valence-corrected chi connectivity index (χ4v) is 4.98. The zero-order chi connectivity index (χ0) is 29.5. The first-order valence-corrected chi connectivity index (χ1v) is 14.2. The van der Waals surface area contributed by atoms with Gasteiger partial charge in [-0.1, -0.05) is 79.5 Å². The molecule has 0 radical (unpaired) electrons. The molecule has 0 atom stereocenters. The van der Waals surface area contributed by atoms with Crippen molar-refractivity contribution in [2.24, 2.45) is 0 Å². The summed E-state index contributed by atoms with van der Waals surface area (Å²) in [6, 6.07) is 20.7. The Morgan fingerprint density at radius 2 is 1.71 bits per heavy atom. The van der Waals surface area contributed by atoms with Gasteiger partial charge in [-0.3, -0.25) is 0 Å². The van der Waals surface area contributed by atoms with Crippen molar-refractivity contribution < 1.29 is 19.7 Å². The second kappa shape index (κ2) is 13.3. The average Bonchev–Trinajstić information content (AvgIpc) is 3.65. The predicted molar refractivity (Wildman–Crippen MR) is 158 cm³/mol. The number of phenols is 2. The van der Waals surface area contributed by atoms with Crippen LogP contribution in [-0.2, 0) is 24.1 Å². The fourth-order valence-electron chi connectivity index (χ4n) is 4.71. The molecule has 2 aromatic heterocycles. The summed E-state index contributed by atoms with van der Waals surface area (Å²) in [6.45, 7) is 2.72. The van der Waals surface area contributed by atoms with Gasteiger partial charge in [0.25, 0.3) is 0 Å². The second-order valence-corrected chi connectivity index (χ2v) is 10.3. The molecule has 5 rings (SSSR count). The number of aryl methyl sites for hydroxylation is 2. The summed E-state index contributed by atoms with van der Waals surface area (Å²) in [5.74, 6) is 0.346. The number of halogens is 1. The van der Waals surface area contributed by atoms with Gasteiger partial charge >= 0.3 is 5.97 Å². The van der Waals surface area contributed by atoms with Gasteiger partial charge in [0.15, 0.2) is 17.2 Å². The third-order valence-corrected chi connectivity index (χ3v) is 7.32. The summed E-state index contributed by atoms with van der Waals surface area (Å²) in [7, 11) is 0. The molecule has 0 aliphatic rings. The standard InChI is InChI=1S/C31H31ClN6O4/c1-2-3-10-27-33-28(31(41)42-17-6-7-20-13-16-25(39)26(40)18-20)29(32)38(27)19-21-11-14-22(15-12-21)23-8-4-5-9-24(23)30-34-36-37-35-30/h4-5,8-9,11-16,18,39-40H,2-3,6-7,10,17,19H2,1H3,(H,34,35,36,37). The van der Waals surface area contributed by atoms with Gasteiger partial charge in [0.2, 0.25) is 5.82 Å². The number of benzene rings is 3. The van der Waals surface area contributed by atoms with E-state index in [4.69, 9.17) is 16.3 Å². The number of aromatic nitrogens is 6. The second-order valence-electron chi connectivity index (χ2n) is 9.90. The van der Waals surface area contributed by atoms with Crippen molar-refractivity contribution in [2.45, 2.75) is 45.6 Å². The molecule has 3 N–H and O–H groups in total. The number of hydrogen-bond donors (Lipinski definition) is 3. The molecule has 5 aromatic rings. The maximum absolute atomic E-state index is 12.9. The van der Waals surface area contributed by atoms with Gasteiger partial charge < -0.3 is 19.5 Å². The van der Waals surface area contributed by atoms with E-state index in [0.717, 1.165) is 46.5 Å². The van der Waals surface area contributed by atoms with Crippen LogP contribution in [0.2, 0.25) is 5.15 Å². The molecule has 0 aliphatic heterocycles. The van der Waals surface area contributed by atoms with Gasteiger partial charge in [-0.25, -0.2) is 9.78 Å². The summed E-state index contributed by atoms with van der Waals surface area (Å²) < 4.78 is 7.36. The minimum absolute atomic E-state index is 0.107. The molecule has 11 heteroatoms. The van der Waals surface area contributed by atoms with Gasteiger partial charge in [0.1, 0.15) is 11.0 Å². The Hall–Kier alpha value is -4.70. The minimum atomic E-state index is -0.571. The number of esters is 1. The molecular weight excluding hydrogens is 556 g/mol. The zero-order valence-corrected chi connectivity index (χ0v) is 23.9. The van der Waals surface area contributed by atoms with E-state index < -0.39 is 5.97 Å². The van der Waals surface area contributed by atoms with E-state index in [2.05, 4.69) is 32.5 Å². The molecule has 0 saturated carbocycles. The molecule has 42 heavy (non-hydrogen) atoms. The molecule has 0 fully saturated rings. The maximum Gasteiger partial charge on any atom is 0.360 e. The van der Waals surface area contributed by atoms with E-state index in [0.29, 0.717) is 31.6 Å². The highest BCUT2D eigenvalue weighted by molar-refractivity contribution is 6.32. The molecule has 3 aromatic carbocycles. The number of aromatic amines is 1. The number of tetrazole rings is 1. The molecule has 10 nitrogen and oxygen atoms in total. The Bertz CT molecular complexity index is 1650. The van der Waals surface area contributed by atoms with Crippen molar-refractivity contribution in [3.8, 4) is 34.0 Å². The van der Waals surface area contributed by atoms with E-state index >= 15 is 0 Å². The Labute approximate surface area is 248 Å². The Morgan fingerprint density at radius 1 is 0.952 bits per heavy atom. The minimum Gasteiger partial charge on any atom is -0.504 e. The van der Waals surface area contributed by atoms with E-state index in [9.17, 15) is 15.0 Å². The molecule has 0 saturated heterocycles. The van der Waals surface area contributed by atoms with Crippen molar-refractivity contribution >= 4 is 17.6 Å². The number of carbonyl (C=O) groups excluding carboxylic acids is 1. The summed E-state index contributed by atoms with van der Waals surface area (Å²) in [5.41, 5.74) is 4.81. The van der Waals surface area contributed by atoms with Crippen molar-refractivity contribution in [1.29, 1.82) is 0 Å². The number of rotatable bonds is 12. The number of unbranched alkanes of at least 4 members (excludes halogenated alkanes) is 1. The summed E-state index contributed by atoms with van der Waals surface area (Å²) in [4.78, 5) is 17.5. The lowest BCUT2D eigenvalue weighted by Crippen LogP contribution is -2.09. The van der Waals surface area contributed by atoms with E-state index in [1.165, 1.54) is 12.1 Å². The third-order valence-electron chi connectivity index (χ3n) is 6.93. The Kier molecular flexibility index (Phi) is 9.13. The summed E-state index contributed by atoms with van der Waals surface area (Å²) in [6.07, 6.45) is 3.68. The van der Waals surface area contributed by atoms with E-state index in [1.54, 1.807) is 6.07 Å². The van der Waals surface area contributed by atoms with Crippen LogP contribution in [0.5, 0.6) is 11.5 Å². The fraction of sp³-hybridized carbons (Fsp3) is 0.258. The van der Waals surface area contributed by atoms with E-state index in [-0.39, 0.29) is 29.0 Å². The Balaban J connectivity index is 1.28. The van der Waals surface area contributed by atoms with Crippen LogP contribution in [0, 0.1) is 0 Å². The van der Waals surface area contributed by atoms with Crippen molar-refractivity contribution in [1.82, 2.24) is 30.2 Å². The van der Waals surface area contributed by atoms with Gasteiger partial charge in [0, 0.05) is 12.0 Å².